The smallest absolute Gasteiger partial charge is 0.269 e. The number of para-hydroxylation sites is 1. The Labute approximate surface area is 168 Å². The summed E-state index contributed by atoms with van der Waals surface area (Å²) in [5, 5.41) is 11.8. The number of hydrogen-bond acceptors (Lipinski definition) is 5. The van der Waals surface area contributed by atoms with Crippen LogP contribution in [0.2, 0.25) is 0 Å². The van der Waals surface area contributed by atoms with Crippen molar-refractivity contribution >= 4 is 34.3 Å². The maximum atomic E-state index is 12.6. The van der Waals surface area contributed by atoms with Crippen LogP contribution in [0.15, 0.2) is 66.9 Å². The van der Waals surface area contributed by atoms with Crippen LogP contribution < -0.4 is 4.90 Å². The Morgan fingerprint density at radius 2 is 1.72 bits per heavy atom. The summed E-state index contributed by atoms with van der Waals surface area (Å²) >= 11 is 0. The number of hydrogen-bond donors (Lipinski definition) is 0. The first-order valence-electron chi connectivity index (χ1n) is 9.42. The molecule has 2 aromatic carbocycles. The molecule has 146 valence electrons. The number of nitro groups is 1. The van der Waals surface area contributed by atoms with Gasteiger partial charge in [0, 0.05) is 67.2 Å². The number of fused-ring (bicyclic) bond motifs is 1. The predicted octanol–water partition coefficient (Wildman–Crippen LogP) is 3.51. The highest BCUT2D eigenvalue weighted by Crippen LogP contribution is 2.21. The SMILES string of the molecule is O=C(/C=C/c1cccc2cccnc12)N1CCN(c2ccc([N+](=O)[O-])cc2)CC1. The highest BCUT2D eigenvalue weighted by atomic mass is 16.6. The predicted molar refractivity (Wildman–Crippen MR) is 113 cm³/mol. The van der Waals surface area contributed by atoms with E-state index in [2.05, 4.69) is 9.88 Å². The van der Waals surface area contributed by atoms with E-state index in [1.165, 1.54) is 12.1 Å². The zero-order valence-electron chi connectivity index (χ0n) is 15.8. The second-order valence-electron chi connectivity index (χ2n) is 6.84. The number of carbonyl (C=O) groups excluding carboxylic acids is 1. The van der Waals surface area contributed by atoms with Crippen molar-refractivity contribution in [1.29, 1.82) is 0 Å². The van der Waals surface area contributed by atoms with Gasteiger partial charge in [0.05, 0.1) is 10.4 Å². The lowest BCUT2D eigenvalue weighted by Crippen LogP contribution is -2.48. The largest absolute Gasteiger partial charge is 0.368 e. The highest BCUT2D eigenvalue weighted by Gasteiger charge is 2.20. The molecule has 3 aromatic rings. The van der Waals surface area contributed by atoms with Gasteiger partial charge >= 0.3 is 0 Å². The summed E-state index contributed by atoms with van der Waals surface area (Å²) in [6.07, 6.45) is 5.17. The van der Waals surface area contributed by atoms with Crippen molar-refractivity contribution in [3.8, 4) is 0 Å². The van der Waals surface area contributed by atoms with Crippen LogP contribution in [0.1, 0.15) is 5.56 Å². The molecule has 0 saturated carbocycles. The third kappa shape index (κ3) is 4.08. The fourth-order valence-electron chi connectivity index (χ4n) is 3.50. The van der Waals surface area contributed by atoms with E-state index in [0.717, 1.165) is 22.2 Å². The van der Waals surface area contributed by atoms with Crippen LogP contribution >= 0.6 is 0 Å². The molecule has 0 N–H and O–H groups in total. The number of nitrogens with zero attached hydrogens (tertiary/aromatic N) is 4. The molecule has 0 atom stereocenters. The van der Waals surface area contributed by atoms with Gasteiger partial charge in [-0.3, -0.25) is 19.9 Å². The average molecular weight is 388 g/mol. The van der Waals surface area contributed by atoms with Crippen molar-refractivity contribution in [2.24, 2.45) is 0 Å². The minimum Gasteiger partial charge on any atom is -0.368 e. The van der Waals surface area contributed by atoms with Gasteiger partial charge in [0.1, 0.15) is 0 Å². The molecule has 1 aromatic heterocycles. The number of non-ortho nitro benzene ring substituents is 1. The lowest BCUT2D eigenvalue weighted by Gasteiger charge is -2.35. The van der Waals surface area contributed by atoms with Gasteiger partial charge in [-0.1, -0.05) is 24.3 Å². The highest BCUT2D eigenvalue weighted by molar-refractivity contribution is 5.95. The third-order valence-electron chi connectivity index (χ3n) is 5.09. The third-order valence-corrected chi connectivity index (χ3v) is 5.09. The molecule has 1 fully saturated rings. The average Bonchev–Trinajstić information content (AvgIpc) is 2.77. The van der Waals surface area contributed by atoms with E-state index in [9.17, 15) is 14.9 Å². The fraction of sp³-hybridized carbons (Fsp3) is 0.182. The van der Waals surface area contributed by atoms with Gasteiger partial charge in [0.25, 0.3) is 5.69 Å². The first-order valence-corrected chi connectivity index (χ1v) is 9.42. The molecule has 1 saturated heterocycles. The first kappa shape index (κ1) is 18.6. The number of aromatic nitrogens is 1. The van der Waals surface area contributed by atoms with Crippen molar-refractivity contribution in [3.05, 3.63) is 82.5 Å². The van der Waals surface area contributed by atoms with Gasteiger partial charge in [-0.15, -0.1) is 0 Å². The van der Waals surface area contributed by atoms with Crippen LogP contribution in [0.3, 0.4) is 0 Å². The van der Waals surface area contributed by atoms with Crippen LogP contribution in [-0.4, -0.2) is 46.9 Å². The Morgan fingerprint density at radius 3 is 2.45 bits per heavy atom. The molecule has 0 spiro atoms. The molecule has 1 aliphatic rings. The van der Waals surface area contributed by atoms with Crippen LogP contribution in [0.4, 0.5) is 11.4 Å². The maximum Gasteiger partial charge on any atom is 0.269 e. The molecule has 1 amide bonds. The van der Waals surface area contributed by atoms with Gasteiger partial charge in [-0.2, -0.15) is 0 Å². The summed E-state index contributed by atoms with van der Waals surface area (Å²) in [7, 11) is 0. The molecule has 0 radical (unpaired) electrons. The van der Waals surface area contributed by atoms with Crippen molar-refractivity contribution in [2.75, 3.05) is 31.1 Å². The number of piperazine rings is 1. The molecule has 0 bridgehead atoms. The molecular weight excluding hydrogens is 368 g/mol. The van der Waals surface area contributed by atoms with Gasteiger partial charge in [-0.25, -0.2) is 0 Å². The Kier molecular flexibility index (Phi) is 5.20. The van der Waals surface area contributed by atoms with Crippen LogP contribution in [0, 0.1) is 10.1 Å². The van der Waals surface area contributed by atoms with Crippen LogP contribution in [0.25, 0.3) is 17.0 Å². The summed E-state index contributed by atoms with van der Waals surface area (Å²) in [6, 6.07) is 16.3. The number of carbonyl (C=O) groups is 1. The molecule has 7 nitrogen and oxygen atoms in total. The Balaban J connectivity index is 1.38. The summed E-state index contributed by atoms with van der Waals surface area (Å²) < 4.78 is 0. The molecular formula is C22H20N4O3. The first-order chi connectivity index (χ1) is 14.1. The van der Waals surface area contributed by atoms with Gasteiger partial charge < -0.3 is 9.80 Å². The van der Waals surface area contributed by atoms with E-state index in [1.807, 2.05) is 41.3 Å². The van der Waals surface area contributed by atoms with E-state index in [0.29, 0.717) is 26.2 Å². The Morgan fingerprint density at radius 1 is 1.00 bits per heavy atom. The van der Waals surface area contributed by atoms with Crippen LogP contribution in [0.5, 0.6) is 0 Å². The number of amides is 1. The van der Waals surface area contributed by atoms with E-state index in [-0.39, 0.29) is 11.6 Å². The van der Waals surface area contributed by atoms with Crippen molar-refractivity contribution < 1.29 is 9.72 Å². The van der Waals surface area contributed by atoms with Crippen molar-refractivity contribution in [1.82, 2.24) is 9.88 Å². The lowest BCUT2D eigenvalue weighted by molar-refractivity contribution is -0.384. The number of nitro benzene ring substituents is 1. The minimum atomic E-state index is -0.405. The molecule has 7 heteroatoms. The number of pyridine rings is 1. The van der Waals surface area contributed by atoms with Crippen LogP contribution in [-0.2, 0) is 4.79 Å². The molecule has 0 aliphatic carbocycles. The van der Waals surface area contributed by atoms with Crippen molar-refractivity contribution in [2.45, 2.75) is 0 Å². The van der Waals surface area contributed by atoms with Gasteiger partial charge in [-0.05, 0) is 24.3 Å². The molecule has 2 heterocycles. The maximum absolute atomic E-state index is 12.6. The summed E-state index contributed by atoms with van der Waals surface area (Å²) in [6.45, 7) is 2.59. The van der Waals surface area contributed by atoms with Gasteiger partial charge in [0.15, 0.2) is 0 Å². The summed E-state index contributed by atoms with van der Waals surface area (Å²) in [5.74, 6) is -0.0266. The normalized spacial score (nSPS) is 14.5. The monoisotopic (exact) mass is 388 g/mol. The molecule has 0 unspecified atom stereocenters. The quantitative estimate of drug-likeness (QED) is 0.388. The standard InChI is InChI=1S/C22H20N4O3/c27-21(11-6-18-4-1-3-17-5-2-12-23-22(17)18)25-15-13-24(14-16-25)19-7-9-20(10-8-19)26(28)29/h1-12H,13-16H2/b11-6+. The second kappa shape index (κ2) is 8.10. The topological polar surface area (TPSA) is 79.6 Å². The molecule has 4 rings (SSSR count). The number of benzene rings is 2. The Hall–Kier alpha value is -3.74. The summed E-state index contributed by atoms with van der Waals surface area (Å²) in [4.78, 5) is 31.3. The number of rotatable bonds is 4. The zero-order chi connectivity index (χ0) is 20.2. The minimum absolute atomic E-state index is 0.0266. The molecule has 1 aliphatic heterocycles. The van der Waals surface area contributed by atoms with E-state index in [4.69, 9.17) is 0 Å². The Bertz CT molecular complexity index is 1070. The lowest BCUT2D eigenvalue weighted by atomic mass is 10.1. The fourth-order valence-corrected chi connectivity index (χ4v) is 3.50. The van der Waals surface area contributed by atoms with E-state index in [1.54, 1.807) is 24.4 Å². The zero-order valence-corrected chi connectivity index (χ0v) is 15.8. The van der Waals surface area contributed by atoms with Gasteiger partial charge in [0.2, 0.25) is 5.91 Å². The van der Waals surface area contributed by atoms with E-state index < -0.39 is 4.92 Å². The van der Waals surface area contributed by atoms with E-state index >= 15 is 0 Å². The number of anilines is 1. The second-order valence-corrected chi connectivity index (χ2v) is 6.84. The molecule has 29 heavy (non-hydrogen) atoms. The summed E-state index contributed by atoms with van der Waals surface area (Å²) in [5.41, 5.74) is 2.80. The van der Waals surface area contributed by atoms with Crippen molar-refractivity contribution in [3.63, 3.8) is 0 Å².